The van der Waals surface area contributed by atoms with E-state index in [4.69, 9.17) is 4.74 Å². The van der Waals surface area contributed by atoms with Gasteiger partial charge in [0.15, 0.2) is 0 Å². The number of ether oxygens (including phenoxy) is 1. The average molecular weight is 265 g/mol. The largest absolute Gasteiger partial charge is 0.480 e. The summed E-state index contributed by atoms with van der Waals surface area (Å²) in [5.74, 6) is 0.439. The molecule has 1 aromatic rings. The molecular weight excluding hydrogens is 242 g/mol. The number of rotatable bonds is 4. The molecule has 0 radical (unpaired) electrons. The number of likely N-dealkylation sites (tertiary alicyclic amines) is 1. The van der Waals surface area contributed by atoms with Crippen molar-refractivity contribution in [3.05, 3.63) is 18.1 Å². The van der Waals surface area contributed by atoms with Crippen molar-refractivity contribution in [3.8, 4) is 5.88 Å². The highest BCUT2D eigenvalue weighted by atomic mass is 16.5. The first-order valence-corrected chi connectivity index (χ1v) is 7.00. The van der Waals surface area contributed by atoms with Crippen molar-refractivity contribution < 1.29 is 9.84 Å². The molecule has 0 saturated carbocycles. The van der Waals surface area contributed by atoms with Crippen LogP contribution in [0.15, 0.2) is 12.4 Å². The van der Waals surface area contributed by atoms with Gasteiger partial charge in [0.05, 0.1) is 7.11 Å². The number of nitrogens with zero attached hydrogens (tertiary/aromatic N) is 3. The number of methoxy groups -OCH3 is 1. The van der Waals surface area contributed by atoms with Gasteiger partial charge in [0.25, 0.3) is 0 Å². The maximum atomic E-state index is 10.9. The lowest BCUT2D eigenvalue weighted by molar-refractivity contribution is 0.0139. The molecule has 2 heterocycles. The van der Waals surface area contributed by atoms with E-state index in [1.807, 2.05) is 0 Å². The maximum absolute atomic E-state index is 10.9. The molecule has 106 valence electrons. The van der Waals surface area contributed by atoms with E-state index in [2.05, 4.69) is 21.8 Å². The Kier molecular flexibility index (Phi) is 4.71. The lowest BCUT2D eigenvalue weighted by atomic mass is 9.91. The Morgan fingerprint density at radius 3 is 2.84 bits per heavy atom. The van der Waals surface area contributed by atoms with Crippen LogP contribution in [0.5, 0.6) is 5.88 Å². The summed E-state index contributed by atoms with van der Waals surface area (Å²) in [5, 5.41) is 10.9. The normalized spacial score (nSPS) is 25.0. The zero-order valence-electron chi connectivity index (χ0n) is 11.8. The van der Waals surface area contributed by atoms with Crippen LogP contribution < -0.4 is 4.74 Å². The monoisotopic (exact) mass is 265 g/mol. The highest BCUT2D eigenvalue weighted by Crippen LogP contribution is 2.35. The van der Waals surface area contributed by atoms with Crippen LogP contribution in [-0.2, 0) is 5.60 Å². The minimum absolute atomic E-state index is 0.439. The van der Waals surface area contributed by atoms with Crippen LogP contribution in [0.3, 0.4) is 0 Å². The predicted octanol–water partition coefficient (Wildman–Crippen LogP) is 1.57. The van der Waals surface area contributed by atoms with Crippen molar-refractivity contribution in [2.45, 2.75) is 38.2 Å². The Labute approximate surface area is 114 Å². The molecule has 0 aromatic carbocycles. The van der Waals surface area contributed by atoms with Crippen LogP contribution in [0.25, 0.3) is 0 Å². The molecule has 0 aliphatic carbocycles. The average Bonchev–Trinajstić information content (AvgIpc) is 2.63. The van der Waals surface area contributed by atoms with Crippen molar-refractivity contribution in [2.75, 3.05) is 26.7 Å². The Hall–Kier alpha value is -1.20. The Morgan fingerprint density at radius 2 is 2.11 bits per heavy atom. The van der Waals surface area contributed by atoms with E-state index in [9.17, 15) is 5.11 Å². The van der Waals surface area contributed by atoms with Gasteiger partial charge in [-0.3, -0.25) is 4.98 Å². The molecule has 0 bridgehead atoms. The van der Waals surface area contributed by atoms with Crippen LogP contribution in [0.4, 0.5) is 0 Å². The summed E-state index contributed by atoms with van der Waals surface area (Å²) >= 11 is 0. The van der Waals surface area contributed by atoms with Gasteiger partial charge in [0.2, 0.25) is 5.88 Å². The summed E-state index contributed by atoms with van der Waals surface area (Å²) in [6.07, 6.45) is 6.71. The molecule has 1 atom stereocenters. The zero-order valence-corrected chi connectivity index (χ0v) is 11.8. The molecule has 2 rings (SSSR count). The molecule has 1 unspecified atom stereocenters. The first-order chi connectivity index (χ1) is 9.19. The molecule has 1 aromatic heterocycles. The summed E-state index contributed by atoms with van der Waals surface area (Å²) in [5.41, 5.74) is -0.335. The second-order valence-corrected chi connectivity index (χ2v) is 5.14. The van der Waals surface area contributed by atoms with Crippen LogP contribution in [0.1, 0.15) is 38.3 Å². The summed E-state index contributed by atoms with van der Waals surface area (Å²) in [7, 11) is 1.57. The van der Waals surface area contributed by atoms with Gasteiger partial charge in [0.1, 0.15) is 11.3 Å². The minimum atomic E-state index is -0.915. The van der Waals surface area contributed by atoms with Gasteiger partial charge < -0.3 is 14.7 Å². The fourth-order valence-electron chi connectivity index (χ4n) is 2.75. The second kappa shape index (κ2) is 6.30. The SMILES string of the molecule is CCCN1CCCC(O)(c2nccnc2OC)CC1. The molecular formula is C14H23N3O2. The van der Waals surface area contributed by atoms with E-state index in [0.717, 1.165) is 32.5 Å². The number of hydrogen-bond donors (Lipinski definition) is 1. The van der Waals surface area contributed by atoms with Gasteiger partial charge in [0, 0.05) is 18.9 Å². The van der Waals surface area contributed by atoms with Crippen LogP contribution in [-0.4, -0.2) is 46.7 Å². The van der Waals surface area contributed by atoms with Gasteiger partial charge in [-0.15, -0.1) is 0 Å². The smallest absolute Gasteiger partial charge is 0.238 e. The van der Waals surface area contributed by atoms with Gasteiger partial charge >= 0.3 is 0 Å². The molecule has 1 fully saturated rings. The van der Waals surface area contributed by atoms with Gasteiger partial charge in [-0.25, -0.2) is 4.98 Å². The molecule has 0 amide bonds. The predicted molar refractivity (Wildman–Crippen MR) is 73.1 cm³/mol. The van der Waals surface area contributed by atoms with Crippen molar-refractivity contribution in [1.82, 2.24) is 14.9 Å². The van der Waals surface area contributed by atoms with E-state index in [0.29, 0.717) is 24.4 Å². The molecule has 19 heavy (non-hydrogen) atoms. The van der Waals surface area contributed by atoms with Crippen molar-refractivity contribution >= 4 is 0 Å². The van der Waals surface area contributed by atoms with Crippen LogP contribution >= 0.6 is 0 Å². The molecule has 5 heteroatoms. The first-order valence-electron chi connectivity index (χ1n) is 7.00. The molecule has 1 N–H and O–H groups in total. The van der Waals surface area contributed by atoms with Crippen molar-refractivity contribution in [3.63, 3.8) is 0 Å². The van der Waals surface area contributed by atoms with Gasteiger partial charge in [-0.2, -0.15) is 0 Å². The lowest BCUT2D eigenvalue weighted by Crippen LogP contribution is -2.31. The van der Waals surface area contributed by atoms with E-state index in [-0.39, 0.29) is 0 Å². The fourth-order valence-corrected chi connectivity index (χ4v) is 2.75. The highest BCUT2D eigenvalue weighted by Gasteiger charge is 2.36. The summed E-state index contributed by atoms with van der Waals surface area (Å²) in [6, 6.07) is 0. The van der Waals surface area contributed by atoms with E-state index in [1.54, 1.807) is 19.5 Å². The van der Waals surface area contributed by atoms with Gasteiger partial charge in [-0.05, 0) is 38.8 Å². The molecule has 1 aliphatic rings. The summed E-state index contributed by atoms with van der Waals surface area (Å²) < 4.78 is 5.23. The van der Waals surface area contributed by atoms with E-state index in [1.165, 1.54) is 0 Å². The number of hydrogen-bond acceptors (Lipinski definition) is 5. The van der Waals surface area contributed by atoms with Crippen molar-refractivity contribution in [1.29, 1.82) is 0 Å². The lowest BCUT2D eigenvalue weighted by Gasteiger charge is -2.27. The fraction of sp³-hybridized carbons (Fsp3) is 0.714. The third-order valence-electron chi connectivity index (χ3n) is 3.74. The Balaban J connectivity index is 2.18. The second-order valence-electron chi connectivity index (χ2n) is 5.14. The maximum Gasteiger partial charge on any atom is 0.238 e. The minimum Gasteiger partial charge on any atom is -0.480 e. The number of aromatic nitrogens is 2. The van der Waals surface area contributed by atoms with Crippen LogP contribution in [0, 0.1) is 0 Å². The summed E-state index contributed by atoms with van der Waals surface area (Å²) in [4.78, 5) is 10.9. The summed E-state index contributed by atoms with van der Waals surface area (Å²) in [6.45, 7) is 5.21. The quantitative estimate of drug-likeness (QED) is 0.895. The van der Waals surface area contributed by atoms with Crippen molar-refractivity contribution in [2.24, 2.45) is 0 Å². The third kappa shape index (κ3) is 3.22. The first kappa shape index (κ1) is 14.2. The zero-order chi connectivity index (χ0) is 13.7. The Morgan fingerprint density at radius 1 is 1.32 bits per heavy atom. The van der Waals surface area contributed by atoms with E-state index >= 15 is 0 Å². The Bertz CT molecular complexity index is 413. The van der Waals surface area contributed by atoms with E-state index < -0.39 is 5.60 Å². The standard InChI is InChI=1S/C14H23N3O2/c1-3-9-17-10-4-5-14(18,6-11-17)12-13(19-2)16-8-7-15-12/h7-8,18H,3-6,9-11H2,1-2H3. The topological polar surface area (TPSA) is 58.5 Å². The highest BCUT2D eigenvalue weighted by molar-refractivity contribution is 5.24. The van der Waals surface area contributed by atoms with Crippen LogP contribution in [0.2, 0.25) is 0 Å². The third-order valence-corrected chi connectivity index (χ3v) is 3.74. The number of aliphatic hydroxyl groups is 1. The molecule has 0 spiro atoms. The molecule has 1 saturated heterocycles. The van der Waals surface area contributed by atoms with Gasteiger partial charge in [-0.1, -0.05) is 6.92 Å². The molecule has 1 aliphatic heterocycles. The molecule has 5 nitrogen and oxygen atoms in total.